The van der Waals surface area contributed by atoms with Gasteiger partial charge in [0.05, 0.1) is 0 Å². The van der Waals surface area contributed by atoms with Gasteiger partial charge in [-0.2, -0.15) is 0 Å². The largest absolute Gasteiger partial charge is 0.294 e. The van der Waals surface area contributed by atoms with Gasteiger partial charge in [0.2, 0.25) is 0 Å². The molecule has 0 bridgehead atoms. The maximum atomic E-state index is 12.9. The summed E-state index contributed by atoms with van der Waals surface area (Å²) in [5, 5.41) is 0. The van der Waals surface area contributed by atoms with E-state index < -0.39 is 0 Å². The molecule has 4 nitrogen and oxygen atoms in total. The van der Waals surface area contributed by atoms with Gasteiger partial charge in [0, 0.05) is 46.2 Å². The number of carbonyl (C=O) groups excluding carboxylic acids is 4. The third-order valence-electron chi connectivity index (χ3n) is 6.07. The molecule has 0 saturated heterocycles. The zero-order valence-electron chi connectivity index (χ0n) is 19.9. The summed E-state index contributed by atoms with van der Waals surface area (Å²) in [6, 6.07) is 31.5. The van der Waals surface area contributed by atoms with Gasteiger partial charge in [0.15, 0.2) is 23.1 Å². The SMILES string of the molecule is O=C(CCCCC(=O)c1ccccc1C(=O)c1ccccc1)c1ccccc1C(=O)c1ccccc1. The summed E-state index contributed by atoms with van der Waals surface area (Å²) < 4.78 is 0. The summed E-state index contributed by atoms with van der Waals surface area (Å²) in [6.45, 7) is 0. The molecule has 4 aromatic rings. The number of hydrogen-bond acceptors (Lipinski definition) is 4. The normalized spacial score (nSPS) is 10.6. The van der Waals surface area contributed by atoms with Gasteiger partial charge in [-0.05, 0) is 12.8 Å². The van der Waals surface area contributed by atoms with Crippen molar-refractivity contribution in [1.82, 2.24) is 0 Å². The second-order valence-electron chi connectivity index (χ2n) is 8.53. The molecule has 0 aromatic heterocycles. The molecule has 0 heterocycles. The van der Waals surface area contributed by atoms with Crippen LogP contribution in [0.4, 0.5) is 0 Å². The average molecular weight is 475 g/mol. The molecular formula is C32H26O4. The van der Waals surface area contributed by atoms with Crippen LogP contribution in [0, 0.1) is 0 Å². The second-order valence-corrected chi connectivity index (χ2v) is 8.53. The number of ketones is 4. The molecule has 36 heavy (non-hydrogen) atoms. The molecule has 0 atom stereocenters. The Labute approximate surface area is 210 Å². The van der Waals surface area contributed by atoms with Crippen LogP contribution in [0.25, 0.3) is 0 Å². The summed E-state index contributed by atoms with van der Waals surface area (Å²) >= 11 is 0. The monoisotopic (exact) mass is 474 g/mol. The minimum atomic E-state index is -0.186. The van der Waals surface area contributed by atoms with E-state index in [4.69, 9.17) is 0 Å². The Balaban J connectivity index is 1.37. The highest BCUT2D eigenvalue weighted by atomic mass is 16.1. The van der Waals surface area contributed by atoms with Crippen LogP contribution in [0.5, 0.6) is 0 Å². The van der Waals surface area contributed by atoms with Crippen LogP contribution in [0.1, 0.15) is 78.2 Å². The Morgan fingerprint density at radius 1 is 0.389 bits per heavy atom. The quantitative estimate of drug-likeness (QED) is 0.178. The minimum Gasteiger partial charge on any atom is -0.294 e. The van der Waals surface area contributed by atoms with E-state index in [0.29, 0.717) is 46.2 Å². The number of carbonyl (C=O) groups is 4. The van der Waals surface area contributed by atoms with E-state index in [0.717, 1.165) is 0 Å². The van der Waals surface area contributed by atoms with Gasteiger partial charge in [0.25, 0.3) is 0 Å². The predicted octanol–water partition coefficient (Wildman–Crippen LogP) is 6.77. The molecule has 0 saturated carbocycles. The van der Waals surface area contributed by atoms with E-state index in [2.05, 4.69) is 0 Å². The predicted molar refractivity (Wildman–Crippen MR) is 140 cm³/mol. The van der Waals surface area contributed by atoms with Crippen molar-refractivity contribution >= 4 is 23.1 Å². The lowest BCUT2D eigenvalue weighted by atomic mass is 9.92. The lowest BCUT2D eigenvalue weighted by Gasteiger charge is -2.09. The number of benzene rings is 4. The van der Waals surface area contributed by atoms with Gasteiger partial charge in [-0.25, -0.2) is 0 Å². The molecule has 0 aliphatic heterocycles. The Morgan fingerprint density at radius 3 is 1.06 bits per heavy atom. The number of hydrogen-bond donors (Lipinski definition) is 0. The van der Waals surface area contributed by atoms with Gasteiger partial charge in [-0.1, -0.05) is 109 Å². The molecular weight excluding hydrogens is 448 g/mol. The van der Waals surface area contributed by atoms with Crippen LogP contribution in [-0.2, 0) is 0 Å². The van der Waals surface area contributed by atoms with Crippen LogP contribution in [-0.4, -0.2) is 23.1 Å². The van der Waals surface area contributed by atoms with Gasteiger partial charge in [-0.3, -0.25) is 19.2 Å². The highest BCUT2D eigenvalue weighted by Gasteiger charge is 2.19. The fraction of sp³-hybridized carbons (Fsp3) is 0.125. The van der Waals surface area contributed by atoms with Crippen LogP contribution in [0.2, 0.25) is 0 Å². The Bertz CT molecular complexity index is 1280. The second kappa shape index (κ2) is 11.8. The van der Waals surface area contributed by atoms with Crippen molar-refractivity contribution in [2.45, 2.75) is 25.7 Å². The summed E-state index contributed by atoms with van der Waals surface area (Å²) in [6.07, 6.45) is 1.48. The summed E-state index contributed by atoms with van der Waals surface area (Å²) in [5.41, 5.74) is 2.64. The lowest BCUT2D eigenvalue weighted by molar-refractivity contribution is 0.0947. The van der Waals surface area contributed by atoms with E-state index >= 15 is 0 Å². The van der Waals surface area contributed by atoms with E-state index in [-0.39, 0.29) is 36.0 Å². The van der Waals surface area contributed by atoms with E-state index in [1.165, 1.54) is 0 Å². The lowest BCUT2D eigenvalue weighted by Crippen LogP contribution is -2.11. The van der Waals surface area contributed by atoms with Crippen molar-refractivity contribution in [3.05, 3.63) is 143 Å². The molecule has 0 aliphatic carbocycles. The fourth-order valence-corrected chi connectivity index (χ4v) is 4.18. The molecule has 0 aliphatic rings. The molecule has 0 N–H and O–H groups in total. The molecule has 178 valence electrons. The van der Waals surface area contributed by atoms with Gasteiger partial charge in [-0.15, -0.1) is 0 Å². The van der Waals surface area contributed by atoms with Crippen LogP contribution >= 0.6 is 0 Å². The maximum Gasteiger partial charge on any atom is 0.193 e. The van der Waals surface area contributed by atoms with Crippen molar-refractivity contribution in [2.24, 2.45) is 0 Å². The van der Waals surface area contributed by atoms with Crippen molar-refractivity contribution in [1.29, 1.82) is 0 Å². The first-order valence-corrected chi connectivity index (χ1v) is 12.0. The van der Waals surface area contributed by atoms with E-state index in [9.17, 15) is 19.2 Å². The first kappa shape index (κ1) is 24.7. The average Bonchev–Trinajstić information content (AvgIpc) is 2.95. The minimum absolute atomic E-state index is 0.123. The number of rotatable bonds is 11. The Hall–Kier alpha value is -4.44. The highest BCUT2D eigenvalue weighted by Crippen LogP contribution is 2.20. The molecule has 0 unspecified atom stereocenters. The van der Waals surface area contributed by atoms with E-state index in [1.807, 2.05) is 12.1 Å². The highest BCUT2D eigenvalue weighted by molar-refractivity contribution is 6.16. The zero-order chi connectivity index (χ0) is 25.3. The number of unbranched alkanes of at least 4 members (excludes halogenated alkanes) is 1. The fourth-order valence-electron chi connectivity index (χ4n) is 4.18. The smallest absolute Gasteiger partial charge is 0.193 e. The van der Waals surface area contributed by atoms with Crippen LogP contribution < -0.4 is 0 Å². The first-order valence-electron chi connectivity index (χ1n) is 12.0. The standard InChI is InChI=1S/C32H26O4/c33-29(25-17-7-9-19-27(25)31(35)23-13-3-1-4-14-23)21-11-12-22-30(34)26-18-8-10-20-28(26)32(36)24-15-5-2-6-16-24/h1-10,13-20H,11-12,21-22H2. The topological polar surface area (TPSA) is 68.3 Å². The van der Waals surface area contributed by atoms with Crippen molar-refractivity contribution in [3.63, 3.8) is 0 Å². The summed E-state index contributed by atoms with van der Waals surface area (Å²) in [4.78, 5) is 51.7. The molecule has 4 rings (SSSR count). The maximum absolute atomic E-state index is 12.9. The summed E-state index contributed by atoms with van der Waals surface area (Å²) in [5.74, 6) is -0.618. The van der Waals surface area contributed by atoms with Crippen LogP contribution in [0.3, 0.4) is 0 Å². The van der Waals surface area contributed by atoms with Gasteiger partial charge >= 0.3 is 0 Å². The third kappa shape index (κ3) is 5.78. The molecule has 4 aromatic carbocycles. The molecule has 4 heteroatoms. The van der Waals surface area contributed by atoms with Crippen molar-refractivity contribution in [2.75, 3.05) is 0 Å². The first-order chi connectivity index (χ1) is 17.6. The third-order valence-corrected chi connectivity index (χ3v) is 6.07. The summed E-state index contributed by atoms with van der Waals surface area (Å²) in [7, 11) is 0. The zero-order valence-corrected chi connectivity index (χ0v) is 19.9. The van der Waals surface area contributed by atoms with Crippen molar-refractivity contribution < 1.29 is 19.2 Å². The van der Waals surface area contributed by atoms with Gasteiger partial charge in [0.1, 0.15) is 0 Å². The van der Waals surface area contributed by atoms with Crippen LogP contribution in [0.15, 0.2) is 109 Å². The van der Waals surface area contributed by atoms with Crippen molar-refractivity contribution in [3.8, 4) is 0 Å². The van der Waals surface area contributed by atoms with E-state index in [1.54, 1.807) is 97.1 Å². The Kier molecular flexibility index (Phi) is 8.09. The molecule has 0 amide bonds. The van der Waals surface area contributed by atoms with Gasteiger partial charge < -0.3 is 0 Å². The molecule has 0 fully saturated rings. The Morgan fingerprint density at radius 2 is 0.694 bits per heavy atom. The number of Topliss-reactive ketones (excluding diaryl/α,β-unsaturated/α-hetero) is 2. The molecule has 0 radical (unpaired) electrons. The molecule has 0 spiro atoms.